The lowest BCUT2D eigenvalue weighted by molar-refractivity contribution is 0.102. The quantitative estimate of drug-likeness (QED) is 0.748. The fraction of sp³-hybridized carbons (Fsp3) is 0. The maximum atomic E-state index is 12.4. The van der Waals surface area contributed by atoms with Crippen molar-refractivity contribution < 1.29 is 4.79 Å². The third-order valence-corrected chi connectivity index (χ3v) is 3.84. The molecule has 3 aromatic rings. The summed E-state index contributed by atoms with van der Waals surface area (Å²) in [5, 5.41) is 2.97. The van der Waals surface area contributed by atoms with Crippen LogP contribution >= 0.6 is 15.9 Å². The number of hydrogen-bond donors (Lipinski definition) is 1. The van der Waals surface area contributed by atoms with E-state index in [2.05, 4.69) is 21.2 Å². The first kappa shape index (κ1) is 13.6. The summed E-state index contributed by atoms with van der Waals surface area (Å²) < 4.78 is 2.75. The van der Waals surface area contributed by atoms with Crippen LogP contribution in [0, 0.1) is 0 Å². The molecule has 0 aliphatic rings. The van der Waals surface area contributed by atoms with E-state index >= 15 is 0 Å². The summed E-state index contributed by atoms with van der Waals surface area (Å²) in [5.41, 5.74) is 2.32. The Morgan fingerprint density at radius 2 is 1.57 bits per heavy atom. The van der Waals surface area contributed by atoms with Crippen LogP contribution < -0.4 is 5.32 Å². The van der Waals surface area contributed by atoms with Gasteiger partial charge in [0.1, 0.15) is 0 Å². The van der Waals surface area contributed by atoms with E-state index < -0.39 is 0 Å². The van der Waals surface area contributed by atoms with E-state index in [1.54, 1.807) is 6.07 Å². The van der Waals surface area contributed by atoms with Crippen molar-refractivity contribution >= 4 is 27.5 Å². The molecule has 0 aliphatic carbocycles. The average molecular weight is 341 g/mol. The zero-order valence-electron chi connectivity index (χ0n) is 11.2. The van der Waals surface area contributed by atoms with Crippen molar-refractivity contribution in [2.45, 2.75) is 0 Å². The molecular weight excluding hydrogens is 328 g/mol. The van der Waals surface area contributed by atoms with Gasteiger partial charge in [-0.3, -0.25) is 4.79 Å². The lowest BCUT2D eigenvalue weighted by Gasteiger charge is -2.12. The van der Waals surface area contributed by atoms with Gasteiger partial charge in [-0.05, 0) is 52.3 Å². The Morgan fingerprint density at radius 1 is 0.905 bits per heavy atom. The van der Waals surface area contributed by atoms with Crippen LogP contribution in [0.4, 0.5) is 5.69 Å². The number of halogens is 1. The van der Waals surface area contributed by atoms with E-state index in [-0.39, 0.29) is 5.91 Å². The normalized spacial score (nSPS) is 10.3. The van der Waals surface area contributed by atoms with Gasteiger partial charge >= 0.3 is 0 Å². The van der Waals surface area contributed by atoms with Gasteiger partial charge in [0.05, 0.1) is 16.9 Å². The van der Waals surface area contributed by atoms with Crippen molar-refractivity contribution in [1.29, 1.82) is 0 Å². The fourth-order valence-corrected chi connectivity index (χ4v) is 2.60. The second-order valence-corrected chi connectivity index (χ2v) is 5.40. The molecule has 0 unspecified atom stereocenters. The predicted molar refractivity (Wildman–Crippen MR) is 87.9 cm³/mol. The summed E-state index contributed by atoms with van der Waals surface area (Å²) in [4.78, 5) is 12.4. The van der Waals surface area contributed by atoms with Gasteiger partial charge in [-0.2, -0.15) is 0 Å². The van der Waals surface area contributed by atoms with Crippen molar-refractivity contribution in [3.05, 3.63) is 83.1 Å². The molecule has 3 rings (SSSR count). The minimum absolute atomic E-state index is 0.137. The van der Waals surface area contributed by atoms with Gasteiger partial charge in [-0.25, -0.2) is 0 Å². The third kappa shape index (κ3) is 2.90. The molecule has 1 heterocycles. The van der Waals surface area contributed by atoms with Gasteiger partial charge in [-0.1, -0.05) is 24.3 Å². The number of nitrogens with zero attached hydrogens (tertiary/aromatic N) is 1. The zero-order chi connectivity index (χ0) is 14.7. The van der Waals surface area contributed by atoms with Crippen LogP contribution in [0.2, 0.25) is 0 Å². The first-order valence-corrected chi connectivity index (χ1v) is 7.33. The number of benzene rings is 2. The van der Waals surface area contributed by atoms with E-state index in [9.17, 15) is 4.79 Å². The molecule has 1 N–H and O–H groups in total. The van der Waals surface area contributed by atoms with Crippen LogP contribution in [0.3, 0.4) is 0 Å². The summed E-state index contributed by atoms with van der Waals surface area (Å²) in [6, 6.07) is 19.0. The molecule has 0 aliphatic heterocycles. The number of anilines is 1. The average Bonchev–Trinajstić information content (AvgIpc) is 3.02. The molecule has 3 nitrogen and oxygen atoms in total. The molecule has 1 aromatic heterocycles. The van der Waals surface area contributed by atoms with Gasteiger partial charge in [0.2, 0.25) is 0 Å². The molecule has 0 bridgehead atoms. The minimum Gasteiger partial charge on any atom is -0.322 e. The molecule has 4 heteroatoms. The topological polar surface area (TPSA) is 34.0 Å². The van der Waals surface area contributed by atoms with Crippen LogP contribution in [0.25, 0.3) is 5.69 Å². The Hall–Kier alpha value is -2.33. The van der Waals surface area contributed by atoms with Crippen LogP contribution in [0.5, 0.6) is 0 Å². The summed E-state index contributed by atoms with van der Waals surface area (Å²) in [7, 11) is 0. The SMILES string of the molecule is O=C(Nc1ccccc1-n1cccc1)c1ccccc1Br. The van der Waals surface area contributed by atoms with E-state index in [1.807, 2.05) is 71.6 Å². The van der Waals surface area contributed by atoms with E-state index in [4.69, 9.17) is 0 Å². The Bertz CT molecular complexity index is 766. The number of nitrogens with one attached hydrogen (secondary N) is 1. The van der Waals surface area contributed by atoms with Crippen LogP contribution in [-0.2, 0) is 0 Å². The Morgan fingerprint density at radius 3 is 2.33 bits per heavy atom. The molecule has 104 valence electrons. The number of carbonyl (C=O) groups excluding carboxylic acids is 1. The third-order valence-electron chi connectivity index (χ3n) is 3.15. The maximum absolute atomic E-state index is 12.4. The lowest BCUT2D eigenvalue weighted by atomic mass is 10.2. The van der Waals surface area contributed by atoms with Gasteiger partial charge in [0.15, 0.2) is 0 Å². The van der Waals surface area contributed by atoms with Crippen molar-refractivity contribution in [3.8, 4) is 5.69 Å². The molecule has 0 saturated carbocycles. The number of aromatic nitrogens is 1. The number of para-hydroxylation sites is 2. The predicted octanol–water partition coefficient (Wildman–Crippen LogP) is 4.49. The van der Waals surface area contributed by atoms with Crippen molar-refractivity contribution in [3.63, 3.8) is 0 Å². The van der Waals surface area contributed by atoms with Crippen molar-refractivity contribution in [1.82, 2.24) is 4.57 Å². The zero-order valence-corrected chi connectivity index (χ0v) is 12.7. The number of amides is 1. The standard InChI is InChI=1S/C17H13BrN2O/c18-14-8-2-1-7-13(14)17(21)19-15-9-3-4-10-16(15)20-11-5-6-12-20/h1-12H,(H,19,21). The molecular formula is C17H13BrN2O. The highest BCUT2D eigenvalue weighted by molar-refractivity contribution is 9.10. The summed E-state index contributed by atoms with van der Waals surface area (Å²) in [6.07, 6.45) is 3.90. The molecule has 0 spiro atoms. The largest absolute Gasteiger partial charge is 0.322 e. The Labute approximate surface area is 131 Å². The molecule has 0 fully saturated rings. The van der Waals surface area contributed by atoms with E-state index in [0.29, 0.717) is 5.56 Å². The lowest BCUT2D eigenvalue weighted by Crippen LogP contribution is -2.14. The van der Waals surface area contributed by atoms with Crippen LogP contribution in [0.1, 0.15) is 10.4 Å². The maximum Gasteiger partial charge on any atom is 0.256 e. The molecule has 0 atom stereocenters. The Balaban J connectivity index is 1.93. The molecule has 0 saturated heterocycles. The minimum atomic E-state index is -0.137. The molecule has 2 aromatic carbocycles. The highest BCUT2D eigenvalue weighted by atomic mass is 79.9. The Kier molecular flexibility index (Phi) is 3.88. The molecule has 1 amide bonds. The van der Waals surface area contributed by atoms with Crippen LogP contribution in [0.15, 0.2) is 77.5 Å². The summed E-state index contributed by atoms with van der Waals surface area (Å²) in [6.45, 7) is 0. The summed E-state index contributed by atoms with van der Waals surface area (Å²) >= 11 is 3.40. The van der Waals surface area contributed by atoms with Crippen LogP contribution in [-0.4, -0.2) is 10.5 Å². The molecule has 21 heavy (non-hydrogen) atoms. The molecule has 0 radical (unpaired) electrons. The van der Waals surface area contributed by atoms with Gasteiger partial charge in [0, 0.05) is 16.9 Å². The fourth-order valence-electron chi connectivity index (χ4n) is 2.13. The number of carbonyl (C=O) groups is 1. The second kappa shape index (κ2) is 5.97. The first-order valence-electron chi connectivity index (χ1n) is 6.54. The van der Waals surface area contributed by atoms with E-state index in [1.165, 1.54) is 0 Å². The first-order chi connectivity index (χ1) is 10.3. The van der Waals surface area contributed by atoms with E-state index in [0.717, 1.165) is 15.8 Å². The van der Waals surface area contributed by atoms with Gasteiger partial charge in [0.25, 0.3) is 5.91 Å². The number of hydrogen-bond acceptors (Lipinski definition) is 1. The smallest absolute Gasteiger partial charge is 0.256 e. The second-order valence-electron chi connectivity index (χ2n) is 4.54. The highest BCUT2D eigenvalue weighted by Gasteiger charge is 2.11. The van der Waals surface area contributed by atoms with Crippen molar-refractivity contribution in [2.75, 3.05) is 5.32 Å². The summed E-state index contributed by atoms with van der Waals surface area (Å²) in [5.74, 6) is -0.137. The highest BCUT2D eigenvalue weighted by Crippen LogP contribution is 2.22. The monoisotopic (exact) mass is 340 g/mol. The van der Waals surface area contributed by atoms with Gasteiger partial charge < -0.3 is 9.88 Å². The number of rotatable bonds is 3. The van der Waals surface area contributed by atoms with Gasteiger partial charge in [-0.15, -0.1) is 0 Å². The van der Waals surface area contributed by atoms with Crippen molar-refractivity contribution in [2.24, 2.45) is 0 Å².